The van der Waals surface area contributed by atoms with Crippen molar-refractivity contribution in [1.82, 2.24) is 5.32 Å². The van der Waals surface area contributed by atoms with Crippen LogP contribution in [0.25, 0.3) is 0 Å². The topological polar surface area (TPSA) is 64.4 Å². The zero-order valence-corrected chi connectivity index (χ0v) is 10.9. The Balaban J connectivity index is 2.16. The molecule has 4 nitrogen and oxygen atoms in total. The molecule has 16 heavy (non-hydrogen) atoms. The summed E-state index contributed by atoms with van der Waals surface area (Å²) in [6.45, 7) is 3.40. The maximum absolute atomic E-state index is 11.7. The minimum atomic E-state index is -0.280. The van der Waals surface area contributed by atoms with Crippen LogP contribution in [0.3, 0.4) is 0 Å². The van der Waals surface area contributed by atoms with E-state index in [0.29, 0.717) is 11.8 Å². The summed E-state index contributed by atoms with van der Waals surface area (Å²) >= 11 is 1.81. The van der Waals surface area contributed by atoms with Gasteiger partial charge in [-0.2, -0.15) is 11.8 Å². The molecular weight excluding hydrogens is 224 g/mol. The number of ether oxygens (including phenoxy) is 1. The van der Waals surface area contributed by atoms with Gasteiger partial charge in [0.05, 0.1) is 6.10 Å². The van der Waals surface area contributed by atoms with Crippen molar-refractivity contribution in [2.45, 2.75) is 43.6 Å². The van der Waals surface area contributed by atoms with Crippen LogP contribution in [0.5, 0.6) is 0 Å². The van der Waals surface area contributed by atoms with Crippen molar-refractivity contribution in [3.8, 4) is 0 Å². The molecule has 1 aliphatic heterocycles. The number of amides is 1. The van der Waals surface area contributed by atoms with Gasteiger partial charge in [-0.15, -0.1) is 0 Å². The highest BCUT2D eigenvalue weighted by molar-refractivity contribution is 7.99. The quantitative estimate of drug-likeness (QED) is 0.726. The molecule has 1 saturated heterocycles. The largest absolute Gasteiger partial charge is 0.364 e. The number of thioether (sulfide) groups is 1. The van der Waals surface area contributed by atoms with Gasteiger partial charge in [0.1, 0.15) is 6.10 Å². The molecule has 3 unspecified atom stereocenters. The molecule has 3 N–H and O–H groups in total. The van der Waals surface area contributed by atoms with Gasteiger partial charge in [0, 0.05) is 18.3 Å². The third-order valence-corrected chi connectivity index (χ3v) is 3.96. The Kier molecular flexibility index (Phi) is 6.16. The van der Waals surface area contributed by atoms with Crippen molar-refractivity contribution in [3.05, 3.63) is 0 Å². The van der Waals surface area contributed by atoms with Crippen LogP contribution >= 0.6 is 11.8 Å². The van der Waals surface area contributed by atoms with Crippen LogP contribution in [0.15, 0.2) is 0 Å². The van der Waals surface area contributed by atoms with Crippen LogP contribution in [-0.2, 0) is 9.53 Å². The predicted octanol–water partition coefficient (Wildman–Crippen LogP) is 0.750. The van der Waals surface area contributed by atoms with E-state index < -0.39 is 0 Å². The number of carbonyl (C=O) groups is 1. The highest BCUT2D eigenvalue weighted by Crippen LogP contribution is 2.18. The van der Waals surface area contributed by atoms with Crippen molar-refractivity contribution < 1.29 is 9.53 Å². The Hall–Kier alpha value is -0.260. The lowest BCUT2D eigenvalue weighted by Gasteiger charge is -2.13. The second-order valence-corrected chi connectivity index (χ2v) is 5.46. The van der Waals surface area contributed by atoms with E-state index in [0.717, 1.165) is 25.8 Å². The molecule has 1 aliphatic rings. The molecular formula is C11H22N2O2S. The summed E-state index contributed by atoms with van der Waals surface area (Å²) in [4.78, 5) is 11.7. The molecule has 94 valence electrons. The zero-order valence-electron chi connectivity index (χ0n) is 10.1. The SMILES string of the molecule is CSC(C)CCNC(=O)C1CCC(CN)O1. The average molecular weight is 246 g/mol. The van der Waals surface area contributed by atoms with Crippen molar-refractivity contribution in [3.63, 3.8) is 0 Å². The van der Waals surface area contributed by atoms with E-state index in [1.165, 1.54) is 0 Å². The number of nitrogens with two attached hydrogens (primary N) is 1. The van der Waals surface area contributed by atoms with Gasteiger partial charge in [-0.1, -0.05) is 6.92 Å². The van der Waals surface area contributed by atoms with Crippen molar-refractivity contribution in [1.29, 1.82) is 0 Å². The molecule has 1 amide bonds. The lowest BCUT2D eigenvalue weighted by atomic mass is 10.2. The monoisotopic (exact) mass is 246 g/mol. The summed E-state index contributed by atoms with van der Waals surface area (Å²) in [6, 6.07) is 0. The Labute approximate surface area is 102 Å². The first-order valence-corrected chi connectivity index (χ1v) is 7.12. The fourth-order valence-electron chi connectivity index (χ4n) is 1.70. The summed E-state index contributed by atoms with van der Waals surface area (Å²) in [6.07, 6.45) is 4.57. The van der Waals surface area contributed by atoms with Crippen molar-refractivity contribution in [2.75, 3.05) is 19.3 Å². The number of carbonyl (C=O) groups excluding carboxylic acids is 1. The first kappa shape index (κ1) is 13.8. The van der Waals surface area contributed by atoms with E-state index in [2.05, 4.69) is 18.5 Å². The second kappa shape index (κ2) is 7.14. The molecule has 0 spiro atoms. The third-order valence-electron chi connectivity index (χ3n) is 2.92. The molecule has 1 rings (SSSR count). The van der Waals surface area contributed by atoms with Gasteiger partial charge in [0.2, 0.25) is 5.91 Å². The van der Waals surface area contributed by atoms with Crippen molar-refractivity contribution >= 4 is 17.7 Å². The van der Waals surface area contributed by atoms with Crippen LogP contribution in [-0.4, -0.2) is 42.7 Å². The van der Waals surface area contributed by atoms with Crippen LogP contribution in [0.1, 0.15) is 26.2 Å². The number of hydrogen-bond donors (Lipinski definition) is 2. The molecule has 0 bridgehead atoms. The lowest BCUT2D eigenvalue weighted by molar-refractivity contribution is -0.131. The smallest absolute Gasteiger partial charge is 0.249 e. The maximum Gasteiger partial charge on any atom is 0.249 e. The Morgan fingerprint density at radius 2 is 2.38 bits per heavy atom. The van der Waals surface area contributed by atoms with Crippen LogP contribution in [0.4, 0.5) is 0 Å². The first-order chi connectivity index (χ1) is 7.67. The van der Waals surface area contributed by atoms with E-state index in [1.54, 1.807) is 0 Å². The van der Waals surface area contributed by atoms with Gasteiger partial charge in [0.15, 0.2) is 0 Å². The third kappa shape index (κ3) is 4.31. The van der Waals surface area contributed by atoms with Gasteiger partial charge >= 0.3 is 0 Å². The van der Waals surface area contributed by atoms with E-state index >= 15 is 0 Å². The standard InChI is InChI=1S/C11H22N2O2S/c1-8(16-2)5-6-13-11(14)10-4-3-9(7-12)15-10/h8-10H,3-7,12H2,1-2H3,(H,13,14). The second-order valence-electron chi connectivity index (χ2n) is 4.19. The van der Waals surface area contributed by atoms with Gasteiger partial charge in [0.25, 0.3) is 0 Å². The maximum atomic E-state index is 11.7. The first-order valence-electron chi connectivity index (χ1n) is 5.83. The van der Waals surface area contributed by atoms with Gasteiger partial charge in [-0.05, 0) is 25.5 Å². The molecule has 3 atom stereocenters. The fraction of sp³-hybridized carbons (Fsp3) is 0.909. The Bertz CT molecular complexity index is 226. The number of rotatable bonds is 6. The lowest BCUT2D eigenvalue weighted by Crippen LogP contribution is -2.36. The molecule has 0 radical (unpaired) electrons. The van der Waals surface area contributed by atoms with Crippen LogP contribution in [0.2, 0.25) is 0 Å². The molecule has 0 aliphatic carbocycles. The minimum absolute atomic E-state index is 0.0178. The summed E-state index contributed by atoms with van der Waals surface area (Å²) in [5.74, 6) is 0.0178. The van der Waals surface area contributed by atoms with Crippen molar-refractivity contribution in [2.24, 2.45) is 5.73 Å². The highest BCUT2D eigenvalue weighted by atomic mass is 32.2. The molecule has 5 heteroatoms. The highest BCUT2D eigenvalue weighted by Gasteiger charge is 2.29. The summed E-state index contributed by atoms with van der Waals surface area (Å²) in [5, 5.41) is 3.50. The normalized spacial score (nSPS) is 26.7. The molecule has 1 fully saturated rings. The molecule has 0 aromatic heterocycles. The summed E-state index contributed by atoms with van der Waals surface area (Å²) < 4.78 is 5.51. The zero-order chi connectivity index (χ0) is 12.0. The Morgan fingerprint density at radius 1 is 1.62 bits per heavy atom. The van der Waals surface area contributed by atoms with E-state index in [-0.39, 0.29) is 18.1 Å². The van der Waals surface area contributed by atoms with Gasteiger partial charge in [-0.3, -0.25) is 4.79 Å². The van der Waals surface area contributed by atoms with Gasteiger partial charge < -0.3 is 15.8 Å². The van der Waals surface area contributed by atoms with Crippen LogP contribution < -0.4 is 11.1 Å². The fourth-order valence-corrected chi connectivity index (χ4v) is 2.06. The predicted molar refractivity (Wildman–Crippen MR) is 67.6 cm³/mol. The average Bonchev–Trinajstić information content (AvgIpc) is 2.77. The van der Waals surface area contributed by atoms with Crippen LogP contribution in [0, 0.1) is 0 Å². The molecule has 1 heterocycles. The molecule has 0 aromatic rings. The van der Waals surface area contributed by atoms with Gasteiger partial charge in [-0.25, -0.2) is 0 Å². The number of nitrogens with one attached hydrogen (secondary N) is 1. The Morgan fingerprint density at radius 3 is 2.94 bits per heavy atom. The number of hydrogen-bond acceptors (Lipinski definition) is 4. The van der Waals surface area contributed by atoms with E-state index in [9.17, 15) is 4.79 Å². The van der Waals surface area contributed by atoms with E-state index in [1.807, 2.05) is 11.8 Å². The van der Waals surface area contributed by atoms with E-state index in [4.69, 9.17) is 10.5 Å². The summed E-state index contributed by atoms with van der Waals surface area (Å²) in [5.41, 5.74) is 5.49. The minimum Gasteiger partial charge on any atom is -0.364 e. The molecule has 0 saturated carbocycles. The summed E-state index contributed by atoms with van der Waals surface area (Å²) in [7, 11) is 0. The molecule has 0 aromatic carbocycles.